The van der Waals surface area contributed by atoms with Gasteiger partial charge in [0.1, 0.15) is 0 Å². The first-order chi connectivity index (χ1) is 11.5. The van der Waals surface area contributed by atoms with Gasteiger partial charge in [-0.2, -0.15) is 5.10 Å². The van der Waals surface area contributed by atoms with Crippen molar-refractivity contribution in [1.29, 1.82) is 0 Å². The van der Waals surface area contributed by atoms with E-state index < -0.39 is 0 Å². The number of rotatable bonds is 4. The lowest BCUT2D eigenvalue weighted by Gasteiger charge is -2.09. The van der Waals surface area contributed by atoms with Crippen molar-refractivity contribution in [3.63, 3.8) is 0 Å². The molecule has 3 aromatic rings. The second-order valence-electron chi connectivity index (χ2n) is 5.67. The number of anilines is 1. The number of para-hydroxylation sites is 1. The third-order valence-electron chi connectivity index (χ3n) is 3.76. The van der Waals surface area contributed by atoms with Crippen molar-refractivity contribution in [3.05, 3.63) is 59.3 Å². The summed E-state index contributed by atoms with van der Waals surface area (Å²) in [5.41, 5.74) is 3.84. The summed E-state index contributed by atoms with van der Waals surface area (Å²) in [6.45, 7) is 3.76. The SMILES string of the molecule is Cc1ccc(C)c(NC(=O)CNC(=O)c2n[nH]c3ccccc23)c1. The molecule has 2 aromatic carbocycles. The van der Waals surface area contributed by atoms with Crippen molar-refractivity contribution in [2.24, 2.45) is 0 Å². The topological polar surface area (TPSA) is 86.9 Å². The monoisotopic (exact) mass is 322 g/mol. The second-order valence-corrected chi connectivity index (χ2v) is 5.67. The zero-order valence-corrected chi connectivity index (χ0v) is 13.5. The predicted molar refractivity (Wildman–Crippen MR) is 93.0 cm³/mol. The van der Waals surface area contributed by atoms with Crippen LogP contribution in [0.5, 0.6) is 0 Å². The lowest BCUT2D eigenvalue weighted by molar-refractivity contribution is -0.115. The summed E-state index contributed by atoms with van der Waals surface area (Å²) in [5, 5.41) is 12.9. The standard InChI is InChI=1S/C18H18N4O2/c1-11-7-8-12(2)15(9-11)20-16(23)10-19-18(24)17-13-5-3-4-6-14(13)21-22-17/h3-9H,10H2,1-2H3,(H,19,24)(H,20,23)(H,21,22). The highest BCUT2D eigenvalue weighted by Crippen LogP contribution is 2.16. The number of hydrogen-bond acceptors (Lipinski definition) is 3. The van der Waals surface area contributed by atoms with Crippen molar-refractivity contribution in [1.82, 2.24) is 15.5 Å². The summed E-state index contributed by atoms with van der Waals surface area (Å²) < 4.78 is 0. The maximum Gasteiger partial charge on any atom is 0.272 e. The molecule has 0 bridgehead atoms. The molecule has 6 nitrogen and oxygen atoms in total. The number of amides is 2. The molecule has 0 fully saturated rings. The first-order valence-corrected chi connectivity index (χ1v) is 7.63. The molecule has 0 aliphatic heterocycles. The maximum absolute atomic E-state index is 12.2. The summed E-state index contributed by atoms with van der Waals surface area (Å²) in [6.07, 6.45) is 0. The molecule has 0 unspecified atom stereocenters. The third kappa shape index (κ3) is 3.27. The molecule has 0 aliphatic rings. The van der Waals surface area contributed by atoms with Crippen LogP contribution in [-0.4, -0.2) is 28.6 Å². The average Bonchev–Trinajstić information content (AvgIpc) is 3.00. The van der Waals surface area contributed by atoms with E-state index in [0.717, 1.165) is 27.7 Å². The first-order valence-electron chi connectivity index (χ1n) is 7.63. The minimum atomic E-state index is -0.386. The molecule has 0 saturated carbocycles. The van der Waals surface area contributed by atoms with Gasteiger partial charge in [-0.05, 0) is 37.1 Å². The van der Waals surface area contributed by atoms with Crippen molar-refractivity contribution in [2.75, 3.05) is 11.9 Å². The summed E-state index contributed by atoms with van der Waals surface area (Å²) in [4.78, 5) is 24.3. The third-order valence-corrected chi connectivity index (χ3v) is 3.76. The van der Waals surface area contributed by atoms with Crippen molar-refractivity contribution in [3.8, 4) is 0 Å². The Bertz CT molecular complexity index is 914. The normalized spacial score (nSPS) is 10.6. The Kier molecular flexibility index (Phi) is 4.29. The van der Waals surface area contributed by atoms with Crippen molar-refractivity contribution < 1.29 is 9.59 Å². The van der Waals surface area contributed by atoms with E-state index in [1.54, 1.807) is 0 Å². The van der Waals surface area contributed by atoms with Crippen molar-refractivity contribution >= 4 is 28.4 Å². The quantitative estimate of drug-likeness (QED) is 0.690. The number of aromatic amines is 1. The van der Waals surface area contributed by atoms with Gasteiger partial charge >= 0.3 is 0 Å². The summed E-state index contributed by atoms with van der Waals surface area (Å²) >= 11 is 0. The largest absolute Gasteiger partial charge is 0.342 e. The molecule has 0 saturated heterocycles. The van der Waals surface area contributed by atoms with E-state index in [9.17, 15) is 9.59 Å². The van der Waals surface area contributed by atoms with E-state index in [0.29, 0.717) is 0 Å². The Morgan fingerprint density at radius 2 is 1.92 bits per heavy atom. The van der Waals surface area contributed by atoms with E-state index in [1.807, 2.05) is 56.3 Å². The van der Waals surface area contributed by atoms with Crippen LogP contribution in [0, 0.1) is 13.8 Å². The zero-order valence-electron chi connectivity index (χ0n) is 13.5. The van der Waals surface area contributed by atoms with Gasteiger partial charge in [0.2, 0.25) is 5.91 Å². The minimum absolute atomic E-state index is 0.118. The Labute approximate surface area is 139 Å². The molecule has 3 rings (SSSR count). The number of carbonyl (C=O) groups is 2. The molecule has 0 atom stereocenters. The van der Waals surface area contributed by atoms with Gasteiger partial charge in [0, 0.05) is 11.1 Å². The Hall–Kier alpha value is -3.15. The second kappa shape index (κ2) is 6.54. The molecule has 2 amide bonds. The number of nitrogens with one attached hydrogen (secondary N) is 3. The first kappa shape index (κ1) is 15.7. The number of fused-ring (bicyclic) bond motifs is 1. The molecule has 0 aliphatic carbocycles. The zero-order chi connectivity index (χ0) is 17.1. The van der Waals surface area contributed by atoms with Crippen LogP contribution in [0.1, 0.15) is 21.6 Å². The Morgan fingerprint density at radius 1 is 1.12 bits per heavy atom. The van der Waals surface area contributed by atoms with E-state index in [1.165, 1.54) is 0 Å². The van der Waals surface area contributed by atoms with Gasteiger partial charge in [-0.1, -0.05) is 30.3 Å². The predicted octanol–water partition coefficient (Wildman–Crippen LogP) is 2.55. The molecule has 122 valence electrons. The van der Waals surface area contributed by atoms with E-state index in [4.69, 9.17) is 0 Å². The van der Waals surface area contributed by atoms with Crippen LogP contribution in [0.2, 0.25) is 0 Å². The van der Waals surface area contributed by atoms with Crippen LogP contribution in [-0.2, 0) is 4.79 Å². The highest BCUT2D eigenvalue weighted by Gasteiger charge is 2.14. The van der Waals surface area contributed by atoms with Gasteiger partial charge in [-0.3, -0.25) is 14.7 Å². The van der Waals surface area contributed by atoms with Gasteiger partial charge < -0.3 is 10.6 Å². The molecular formula is C18H18N4O2. The summed E-state index contributed by atoms with van der Waals surface area (Å²) in [5.74, 6) is -0.666. The van der Waals surface area contributed by atoms with Gasteiger partial charge in [0.05, 0.1) is 12.1 Å². The fourth-order valence-corrected chi connectivity index (χ4v) is 2.45. The average molecular weight is 322 g/mol. The molecule has 3 N–H and O–H groups in total. The minimum Gasteiger partial charge on any atom is -0.342 e. The smallest absolute Gasteiger partial charge is 0.272 e. The van der Waals surface area contributed by atoms with Crippen LogP contribution in [0.3, 0.4) is 0 Å². The van der Waals surface area contributed by atoms with Crippen LogP contribution >= 0.6 is 0 Å². The fraction of sp³-hybridized carbons (Fsp3) is 0.167. The lowest BCUT2D eigenvalue weighted by atomic mass is 10.1. The summed E-state index contributed by atoms with van der Waals surface area (Å²) in [6, 6.07) is 13.2. The lowest BCUT2D eigenvalue weighted by Crippen LogP contribution is -2.33. The number of hydrogen-bond donors (Lipinski definition) is 3. The summed E-state index contributed by atoms with van der Waals surface area (Å²) in [7, 11) is 0. The number of carbonyl (C=O) groups excluding carboxylic acids is 2. The Balaban J connectivity index is 1.64. The molecule has 24 heavy (non-hydrogen) atoms. The number of benzene rings is 2. The highest BCUT2D eigenvalue weighted by molar-refractivity contribution is 6.06. The molecular weight excluding hydrogens is 304 g/mol. The van der Waals surface area contributed by atoms with Crippen molar-refractivity contribution in [2.45, 2.75) is 13.8 Å². The van der Waals surface area contributed by atoms with E-state index in [2.05, 4.69) is 20.8 Å². The number of aromatic nitrogens is 2. The number of H-pyrrole nitrogens is 1. The highest BCUT2D eigenvalue weighted by atomic mass is 16.2. The molecule has 1 aromatic heterocycles. The molecule has 6 heteroatoms. The fourth-order valence-electron chi connectivity index (χ4n) is 2.45. The van der Waals surface area contributed by atoms with Crippen LogP contribution in [0.25, 0.3) is 10.9 Å². The van der Waals surface area contributed by atoms with Gasteiger partial charge in [0.15, 0.2) is 5.69 Å². The van der Waals surface area contributed by atoms with E-state index in [-0.39, 0.29) is 24.1 Å². The van der Waals surface area contributed by atoms with Gasteiger partial charge in [-0.25, -0.2) is 0 Å². The molecule has 1 heterocycles. The Morgan fingerprint density at radius 3 is 2.75 bits per heavy atom. The van der Waals surface area contributed by atoms with Gasteiger partial charge in [0.25, 0.3) is 5.91 Å². The van der Waals surface area contributed by atoms with Crippen LogP contribution in [0.15, 0.2) is 42.5 Å². The molecule has 0 radical (unpaired) electrons. The van der Waals surface area contributed by atoms with E-state index >= 15 is 0 Å². The van der Waals surface area contributed by atoms with Crippen LogP contribution < -0.4 is 10.6 Å². The molecule has 0 spiro atoms. The maximum atomic E-state index is 12.2. The number of nitrogens with zero attached hydrogens (tertiary/aromatic N) is 1. The number of aryl methyl sites for hydroxylation is 2. The van der Waals surface area contributed by atoms with Gasteiger partial charge in [-0.15, -0.1) is 0 Å². The van der Waals surface area contributed by atoms with Crippen LogP contribution in [0.4, 0.5) is 5.69 Å².